The summed E-state index contributed by atoms with van der Waals surface area (Å²) >= 11 is 2.33. The van der Waals surface area contributed by atoms with Crippen LogP contribution in [0.3, 0.4) is 0 Å². The van der Waals surface area contributed by atoms with E-state index in [4.69, 9.17) is 9.84 Å². The summed E-state index contributed by atoms with van der Waals surface area (Å²) in [6, 6.07) is 5.90. The summed E-state index contributed by atoms with van der Waals surface area (Å²) in [6.45, 7) is 2.72. The largest absolute Gasteiger partial charge is 0.790 e. The van der Waals surface area contributed by atoms with Crippen LogP contribution < -0.4 is 15.1 Å². The number of nitrogens with one attached hydrogen (secondary N) is 1. The van der Waals surface area contributed by atoms with Crippen molar-refractivity contribution in [1.82, 2.24) is 26.0 Å². The van der Waals surface area contributed by atoms with Gasteiger partial charge < -0.3 is 23.6 Å². The van der Waals surface area contributed by atoms with E-state index < -0.39 is 7.82 Å². The molecule has 0 saturated heterocycles. The van der Waals surface area contributed by atoms with Gasteiger partial charge in [0.05, 0.1) is 13.9 Å². The van der Waals surface area contributed by atoms with E-state index in [0.29, 0.717) is 29.4 Å². The number of carbonyl (C=O) groups is 1. The fourth-order valence-corrected chi connectivity index (χ4v) is 4.87. The second kappa shape index (κ2) is 12.9. The number of ether oxygens (including phenoxy) is 1. The van der Waals surface area contributed by atoms with Crippen LogP contribution in [0.25, 0.3) is 22.0 Å². The Kier molecular flexibility index (Phi) is 9.84. The molecule has 1 aliphatic carbocycles. The van der Waals surface area contributed by atoms with Crippen LogP contribution in [0.2, 0.25) is 0 Å². The topological polar surface area (TPSA) is 172 Å². The fraction of sp³-hybridized carbons (Fsp3) is 0.318. The molecule has 0 unspecified atom stereocenters. The molecule has 1 fully saturated rings. The second-order valence-electron chi connectivity index (χ2n) is 8.18. The van der Waals surface area contributed by atoms with Crippen molar-refractivity contribution in [3.8, 4) is 22.0 Å². The van der Waals surface area contributed by atoms with E-state index >= 15 is 0 Å². The molecule has 0 bridgehead atoms. The zero-order chi connectivity index (χ0) is 27.3. The molecule has 4 aromatic heterocycles. The van der Waals surface area contributed by atoms with Gasteiger partial charge in [0, 0.05) is 19.9 Å². The third-order valence-corrected chi connectivity index (χ3v) is 7.45. The number of phosphoric acid groups is 1. The first kappa shape index (κ1) is 29.0. The van der Waals surface area contributed by atoms with Crippen LogP contribution in [-0.4, -0.2) is 87.9 Å². The SMILES string of the molecule is CCOC1CC(n2cc(NC(=O)c3csc(-c4cn[n]([Ca+2])c4)n3)c(-c3ccccn3)n2)C1.COP(=O)([O-])[O-]. The van der Waals surface area contributed by atoms with Gasteiger partial charge in [0.25, 0.3) is 0 Å². The van der Waals surface area contributed by atoms with Crippen LogP contribution in [-0.2, 0) is 13.8 Å². The summed E-state index contributed by atoms with van der Waals surface area (Å²) in [4.78, 5) is 40.4. The van der Waals surface area contributed by atoms with Crippen LogP contribution in [0, 0.1) is 0 Å². The van der Waals surface area contributed by atoms with Gasteiger partial charge in [0.15, 0.2) is 0 Å². The molecule has 0 aliphatic heterocycles. The molecule has 0 aromatic carbocycles. The van der Waals surface area contributed by atoms with Gasteiger partial charge in [-0.05, 0) is 25.8 Å². The maximum absolute atomic E-state index is 13.0. The summed E-state index contributed by atoms with van der Waals surface area (Å²) in [7, 11) is -3.83. The van der Waals surface area contributed by atoms with Crippen molar-refractivity contribution >= 4 is 66.9 Å². The van der Waals surface area contributed by atoms with Gasteiger partial charge in [-0.2, -0.15) is 0 Å². The van der Waals surface area contributed by atoms with Crippen molar-refractivity contribution in [3.05, 3.63) is 54.1 Å². The Balaban J connectivity index is 0.000000505. The summed E-state index contributed by atoms with van der Waals surface area (Å²) < 4.78 is 22.1. The van der Waals surface area contributed by atoms with Crippen molar-refractivity contribution in [2.24, 2.45) is 0 Å². The molecule has 16 heteroatoms. The van der Waals surface area contributed by atoms with Gasteiger partial charge in [-0.1, -0.05) is 6.07 Å². The number of thiazole rings is 1. The molecular formula is C22H23CaN7O6PS. The van der Waals surface area contributed by atoms with E-state index in [1.54, 1.807) is 17.8 Å². The van der Waals surface area contributed by atoms with Gasteiger partial charge in [0.1, 0.15) is 0 Å². The molecule has 38 heavy (non-hydrogen) atoms. The van der Waals surface area contributed by atoms with E-state index in [2.05, 4.69) is 24.9 Å². The normalized spacial score (nSPS) is 16.9. The number of pyridine rings is 1. The van der Waals surface area contributed by atoms with E-state index in [-0.39, 0.29) is 18.1 Å². The quantitative estimate of drug-likeness (QED) is 0.237. The fourth-order valence-electron chi connectivity index (χ4n) is 3.66. The molecule has 4 heterocycles. The summed E-state index contributed by atoms with van der Waals surface area (Å²) in [5.41, 5.74) is 3.25. The molecule has 1 N–H and O–H groups in total. The average Bonchev–Trinajstić information content (AvgIpc) is 3.61. The van der Waals surface area contributed by atoms with E-state index in [1.807, 2.05) is 43.4 Å². The monoisotopic (exact) mass is 584 g/mol. The number of rotatable bonds is 8. The van der Waals surface area contributed by atoms with E-state index in [9.17, 15) is 19.1 Å². The Labute approximate surface area is 246 Å². The van der Waals surface area contributed by atoms with Crippen LogP contribution in [0.5, 0.6) is 0 Å². The first-order chi connectivity index (χ1) is 18.2. The van der Waals surface area contributed by atoms with Crippen LogP contribution >= 0.6 is 19.2 Å². The number of nitrogens with zero attached hydrogens (tertiary/aromatic N) is 6. The van der Waals surface area contributed by atoms with Crippen molar-refractivity contribution in [2.45, 2.75) is 31.9 Å². The number of amides is 1. The van der Waals surface area contributed by atoms with Crippen molar-refractivity contribution in [1.29, 1.82) is 0 Å². The second-order valence-corrected chi connectivity index (χ2v) is 11.3. The Morgan fingerprint density at radius 2 is 2.08 bits per heavy atom. The number of carbonyl (C=O) groups excluding carboxylic acids is 1. The minimum atomic E-state index is -4.65. The van der Waals surface area contributed by atoms with Crippen molar-refractivity contribution < 1.29 is 28.4 Å². The maximum atomic E-state index is 13.0. The van der Waals surface area contributed by atoms with Crippen LogP contribution in [0.1, 0.15) is 36.3 Å². The number of anilines is 1. The maximum Gasteiger partial charge on any atom is 0.0592 e. The molecule has 1 aliphatic rings. The molecular weight excluding hydrogens is 561 g/mol. The molecule has 0 atom stereocenters. The summed E-state index contributed by atoms with van der Waals surface area (Å²) in [6.07, 6.45) is 9.39. The van der Waals surface area contributed by atoms with Crippen molar-refractivity contribution in [3.63, 3.8) is 0 Å². The van der Waals surface area contributed by atoms with Gasteiger partial charge in [0.2, 0.25) is 0 Å². The predicted molar refractivity (Wildman–Crippen MR) is 136 cm³/mol. The van der Waals surface area contributed by atoms with Gasteiger partial charge in [-0.3, -0.25) is 0 Å². The molecule has 4 aromatic rings. The minimum absolute atomic E-state index is 0.249. The number of aromatic nitrogens is 6. The molecule has 5 rings (SSSR count). The predicted octanol–water partition coefficient (Wildman–Crippen LogP) is 1.65. The standard InChI is InChI=1S/C21H21N7O2S.CH5O4P.Ca/c1-2-30-15-7-14(8-15)28-11-17(19(27-28)16-5-3-4-6-22-16)25-20(29)18-12-31-21(26-18)13-9-23-24-10-13;1-5-6(2,3)4;/h3-6,9-12,14-15H,2,7-8H2,1H3,(H2,23,24,25,26,29);1H3,(H2,2,3,4);/q;;+3/p-3. The average molecular weight is 585 g/mol. The first-order valence-electron chi connectivity index (χ1n) is 11.5. The molecule has 7 radical (unpaired) electrons. The van der Waals surface area contributed by atoms with Crippen LogP contribution in [0.15, 0.2) is 48.4 Å². The van der Waals surface area contributed by atoms with Crippen LogP contribution in [0.4, 0.5) is 5.69 Å². The number of hydrogen-bond acceptors (Lipinski definition) is 11. The van der Waals surface area contributed by atoms with Crippen molar-refractivity contribution in [2.75, 3.05) is 19.0 Å². The number of hydrogen-bond donors (Lipinski definition) is 1. The van der Waals surface area contributed by atoms with Gasteiger partial charge in [-0.25, -0.2) is 0 Å². The minimum Gasteiger partial charge on any atom is -0.790 e. The third kappa shape index (κ3) is 7.56. The zero-order valence-corrected chi connectivity index (χ0v) is 24.5. The molecule has 0 spiro atoms. The zero-order valence-electron chi connectivity index (χ0n) is 20.6. The first-order valence-corrected chi connectivity index (χ1v) is 14.8. The van der Waals surface area contributed by atoms with Gasteiger partial charge >= 0.3 is 159 Å². The Morgan fingerprint density at radius 1 is 1.32 bits per heavy atom. The molecule has 195 valence electrons. The summed E-state index contributed by atoms with van der Waals surface area (Å²) in [5.74, 6) is -0.276. The smallest absolute Gasteiger partial charge is 0.0592 e. The molecule has 1 amide bonds. The van der Waals surface area contributed by atoms with E-state index in [1.165, 1.54) is 11.3 Å². The van der Waals surface area contributed by atoms with Gasteiger partial charge in [-0.15, -0.1) is 0 Å². The van der Waals surface area contributed by atoms with E-state index in [0.717, 1.165) is 66.7 Å². The number of phosphoric ester groups is 1. The Hall–Kier alpha value is -2.00. The summed E-state index contributed by atoms with van der Waals surface area (Å²) in [5, 5.41) is 14.5. The Bertz CT molecular complexity index is 1420. The molecule has 13 nitrogen and oxygen atoms in total. The third-order valence-electron chi connectivity index (χ3n) is 5.57. The molecule has 1 saturated carbocycles. The Morgan fingerprint density at radius 3 is 2.68 bits per heavy atom.